The van der Waals surface area contributed by atoms with E-state index in [0.29, 0.717) is 13.2 Å². The fourth-order valence-electron chi connectivity index (χ4n) is 1.82. The molecule has 100 valence electrons. The molecule has 2 aromatic carbocycles. The molecule has 0 heterocycles. The largest absolute Gasteiger partial charge is 0.491 e. The first kappa shape index (κ1) is 13.6. The van der Waals surface area contributed by atoms with Gasteiger partial charge in [-0.05, 0) is 37.1 Å². The lowest BCUT2D eigenvalue weighted by Gasteiger charge is -2.09. The van der Waals surface area contributed by atoms with Crippen molar-refractivity contribution in [2.75, 3.05) is 13.2 Å². The van der Waals surface area contributed by atoms with Crippen LogP contribution in [0.15, 0.2) is 54.6 Å². The van der Waals surface area contributed by atoms with Gasteiger partial charge < -0.3 is 9.47 Å². The van der Waals surface area contributed by atoms with Crippen molar-refractivity contribution in [3.63, 3.8) is 0 Å². The van der Waals surface area contributed by atoms with E-state index in [1.807, 2.05) is 44.2 Å². The lowest BCUT2D eigenvalue weighted by molar-refractivity contribution is 0.0553. The maximum Gasteiger partial charge on any atom is 0.119 e. The lowest BCUT2D eigenvalue weighted by Crippen LogP contribution is -2.11. The van der Waals surface area contributed by atoms with Crippen molar-refractivity contribution in [2.24, 2.45) is 0 Å². The molecular formula is C17H20O2. The third-order valence-electron chi connectivity index (χ3n) is 2.76. The summed E-state index contributed by atoms with van der Waals surface area (Å²) in [6.07, 6.45) is 0.254. The summed E-state index contributed by atoms with van der Waals surface area (Å²) >= 11 is 0. The van der Waals surface area contributed by atoms with Gasteiger partial charge in [0.2, 0.25) is 0 Å². The molecule has 0 aliphatic carbocycles. The van der Waals surface area contributed by atoms with Crippen molar-refractivity contribution in [1.82, 2.24) is 0 Å². The molecule has 0 saturated carbocycles. The SMILES string of the molecule is CC(C)OCCOc1ccc(-c2ccccc2)cc1. The highest BCUT2D eigenvalue weighted by Crippen LogP contribution is 2.21. The Hall–Kier alpha value is -1.80. The highest BCUT2D eigenvalue weighted by molar-refractivity contribution is 5.63. The number of hydrogen-bond acceptors (Lipinski definition) is 2. The summed E-state index contributed by atoms with van der Waals surface area (Å²) in [5.41, 5.74) is 2.42. The molecule has 0 atom stereocenters. The molecule has 0 spiro atoms. The van der Waals surface area contributed by atoms with Crippen LogP contribution in [-0.2, 0) is 4.74 Å². The Morgan fingerprint density at radius 1 is 0.789 bits per heavy atom. The van der Waals surface area contributed by atoms with Gasteiger partial charge in [0.1, 0.15) is 12.4 Å². The Kier molecular flexibility index (Phi) is 4.99. The van der Waals surface area contributed by atoms with Crippen LogP contribution in [0, 0.1) is 0 Å². The molecule has 0 amide bonds. The zero-order chi connectivity index (χ0) is 13.5. The first-order valence-electron chi connectivity index (χ1n) is 6.65. The average molecular weight is 256 g/mol. The van der Waals surface area contributed by atoms with E-state index in [9.17, 15) is 0 Å². The van der Waals surface area contributed by atoms with E-state index in [1.54, 1.807) is 0 Å². The number of benzene rings is 2. The van der Waals surface area contributed by atoms with Crippen LogP contribution in [0.25, 0.3) is 11.1 Å². The average Bonchev–Trinajstić information content (AvgIpc) is 2.45. The van der Waals surface area contributed by atoms with E-state index in [4.69, 9.17) is 9.47 Å². The highest BCUT2D eigenvalue weighted by Gasteiger charge is 1.98. The van der Waals surface area contributed by atoms with E-state index in [1.165, 1.54) is 11.1 Å². The Bertz CT molecular complexity index is 474. The van der Waals surface area contributed by atoms with Crippen LogP contribution in [0.2, 0.25) is 0 Å². The molecule has 2 aromatic rings. The summed E-state index contributed by atoms with van der Waals surface area (Å²) in [5.74, 6) is 0.882. The van der Waals surface area contributed by atoms with Gasteiger partial charge in [-0.2, -0.15) is 0 Å². The van der Waals surface area contributed by atoms with Crippen LogP contribution >= 0.6 is 0 Å². The number of hydrogen-bond donors (Lipinski definition) is 0. The monoisotopic (exact) mass is 256 g/mol. The van der Waals surface area contributed by atoms with Gasteiger partial charge >= 0.3 is 0 Å². The molecule has 0 aliphatic heterocycles. The normalized spacial score (nSPS) is 10.7. The summed E-state index contributed by atoms with van der Waals surface area (Å²) in [6.45, 7) is 5.25. The Balaban J connectivity index is 1.88. The van der Waals surface area contributed by atoms with Gasteiger partial charge in [0.15, 0.2) is 0 Å². The third kappa shape index (κ3) is 4.42. The standard InChI is InChI=1S/C17H20O2/c1-14(2)18-12-13-19-17-10-8-16(9-11-17)15-6-4-3-5-7-15/h3-11,14H,12-13H2,1-2H3. The fourth-order valence-corrected chi connectivity index (χ4v) is 1.82. The summed E-state index contributed by atoms with van der Waals surface area (Å²) in [4.78, 5) is 0. The van der Waals surface area contributed by atoms with Crippen molar-refractivity contribution < 1.29 is 9.47 Å². The van der Waals surface area contributed by atoms with Gasteiger partial charge in [-0.1, -0.05) is 42.5 Å². The Labute approximate surface area is 115 Å². The Morgan fingerprint density at radius 3 is 2.05 bits per heavy atom. The second kappa shape index (κ2) is 6.95. The van der Waals surface area contributed by atoms with Gasteiger partial charge in [0.05, 0.1) is 12.7 Å². The topological polar surface area (TPSA) is 18.5 Å². The van der Waals surface area contributed by atoms with Crippen LogP contribution in [0.1, 0.15) is 13.8 Å². The molecule has 19 heavy (non-hydrogen) atoms. The van der Waals surface area contributed by atoms with Crippen molar-refractivity contribution in [3.05, 3.63) is 54.6 Å². The van der Waals surface area contributed by atoms with Crippen molar-refractivity contribution in [2.45, 2.75) is 20.0 Å². The molecule has 0 fully saturated rings. The molecular weight excluding hydrogens is 236 g/mol. The van der Waals surface area contributed by atoms with Gasteiger partial charge in [0.25, 0.3) is 0 Å². The number of rotatable bonds is 6. The van der Waals surface area contributed by atoms with E-state index in [0.717, 1.165) is 5.75 Å². The molecule has 0 N–H and O–H groups in total. The minimum Gasteiger partial charge on any atom is -0.491 e. The van der Waals surface area contributed by atoms with Crippen molar-refractivity contribution in [3.8, 4) is 16.9 Å². The van der Waals surface area contributed by atoms with E-state index in [2.05, 4.69) is 24.3 Å². The zero-order valence-corrected chi connectivity index (χ0v) is 11.5. The van der Waals surface area contributed by atoms with Crippen molar-refractivity contribution >= 4 is 0 Å². The molecule has 2 heteroatoms. The smallest absolute Gasteiger partial charge is 0.119 e. The van der Waals surface area contributed by atoms with E-state index >= 15 is 0 Å². The van der Waals surface area contributed by atoms with Gasteiger partial charge in [-0.15, -0.1) is 0 Å². The molecule has 2 rings (SSSR count). The quantitative estimate of drug-likeness (QED) is 0.723. The maximum atomic E-state index is 5.62. The summed E-state index contributed by atoms with van der Waals surface area (Å²) in [6, 6.07) is 18.5. The predicted octanol–water partition coefficient (Wildman–Crippen LogP) is 4.16. The van der Waals surface area contributed by atoms with Gasteiger partial charge in [0, 0.05) is 0 Å². The van der Waals surface area contributed by atoms with Gasteiger partial charge in [-0.25, -0.2) is 0 Å². The predicted molar refractivity (Wildman–Crippen MR) is 78.5 cm³/mol. The summed E-state index contributed by atoms with van der Waals surface area (Å²) in [7, 11) is 0. The highest BCUT2D eigenvalue weighted by atomic mass is 16.5. The van der Waals surface area contributed by atoms with Gasteiger partial charge in [-0.3, -0.25) is 0 Å². The second-order valence-electron chi connectivity index (χ2n) is 4.66. The minimum absolute atomic E-state index is 0.254. The van der Waals surface area contributed by atoms with Crippen LogP contribution in [-0.4, -0.2) is 19.3 Å². The van der Waals surface area contributed by atoms with Crippen LogP contribution < -0.4 is 4.74 Å². The minimum atomic E-state index is 0.254. The van der Waals surface area contributed by atoms with E-state index < -0.39 is 0 Å². The fraction of sp³-hybridized carbons (Fsp3) is 0.294. The van der Waals surface area contributed by atoms with Crippen molar-refractivity contribution in [1.29, 1.82) is 0 Å². The molecule has 0 radical (unpaired) electrons. The number of ether oxygens (including phenoxy) is 2. The zero-order valence-electron chi connectivity index (χ0n) is 11.5. The molecule has 2 nitrogen and oxygen atoms in total. The van der Waals surface area contributed by atoms with Crippen LogP contribution in [0.3, 0.4) is 0 Å². The third-order valence-corrected chi connectivity index (χ3v) is 2.76. The maximum absolute atomic E-state index is 5.62. The van der Waals surface area contributed by atoms with Crippen LogP contribution in [0.5, 0.6) is 5.75 Å². The first-order chi connectivity index (χ1) is 9.25. The lowest BCUT2D eigenvalue weighted by atomic mass is 10.1. The molecule has 0 aliphatic rings. The Morgan fingerprint density at radius 2 is 1.42 bits per heavy atom. The summed E-state index contributed by atoms with van der Waals surface area (Å²) < 4.78 is 11.1. The molecule has 0 aromatic heterocycles. The van der Waals surface area contributed by atoms with E-state index in [-0.39, 0.29) is 6.10 Å². The molecule has 0 saturated heterocycles. The second-order valence-corrected chi connectivity index (χ2v) is 4.66. The molecule has 0 unspecified atom stereocenters. The first-order valence-corrected chi connectivity index (χ1v) is 6.65. The summed E-state index contributed by atoms with van der Waals surface area (Å²) in [5, 5.41) is 0. The molecule has 0 bridgehead atoms. The van der Waals surface area contributed by atoms with Crippen LogP contribution in [0.4, 0.5) is 0 Å².